The molecule has 2 aliphatic rings. The van der Waals surface area contributed by atoms with Crippen LogP contribution in [-0.2, 0) is 19.6 Å². The molecule has 0 radical (unpaired) electrons. The highest BCUT2D eigenvalue weighted by Gasteiger charge is 2.48. The number of nitrogens with zero attached hydrogens (tertiary/aromatic N) is 2. The Balaban J connectivity index is 1.61. The monoisotopic (exact) mass is 400 g/mol. The zero-order chi connectivity index (χ0) is 19.9. The number of sulfonamides is 1. The van der Waals surface area contributed by atoms with Gasteiger partial charge in [0.1, 0.15) is 6.61 Å². The number of carbonyl (C=O) groups excluding carboxylic acids is 1. The number of amides is 1. The van der Waals surface area contributed by atoms with Gasteiger partial charge in [0, 0.05) is 13.1 Å². The maximum atomic E-state index is 13.1. The Labute approximate surface area is 165 Å². The minimum absolute atomic E-state index is 0.0171. The lowest BCUT2D eigenvalue weighted by atomic mass is 10.0. The number of fused-ring (bicyclic) bond motifs is 1. The van der Waals surface area contributed by atoms with Crippen molar-refractivity contribution < 1.29 is 17.9 Å². The molecule has 2 aromatic carbocycles. The predicted octanol–water partition coefficient (Wildman–Crippen LogP) is 2.36. The summed E-state index contributed by atoms with van der Waals surface area (Å²) in [6, 6.07) is 16.2. The zero-order valence-electron chi connectivity index (χ0n) is 16.0. The van der Waals surface area contributed by atoms with Gasteiger partial charge in [0.2, 0.25) is 15.9 Å². The standard InChI is InChI=1S/C21H24N2O4S/c1-15-8-10-18(11-9-15)28(25,26)22-12-19-20(13-22)27-14-21(24)23(19)16(2)17-6-4-3-5-7-17/h3-11,16,19-20H,12-14H2,1-2H3/t16-,19+,20+/m1/s1. The third kappa shape index (κ3) is 3.34. The molecule has 3 atom stereocenters. The molecule has 7 heteroatoms. The Morgan fingerprint density at radius 1 is 1.04 bits per heavy atom. The highest BCUT2D eigenvalue weighted by atomic mass is 32.2. The van der Waals surface area contributed by atoms with Crippen LogP contribution in [0, 0.1) is 6.92 Å². The first kappa shape index (κ1) is 19.1. The van der Waals surface area contributed by atoms with Crippen molar-refractivity contribution in [3.63, 3.8) is 0 Å². The van der Waals surface area contributed by atoms with E-state index in [4.69, 9.17) is 4.74 Å². The molecule has 0 unspecified atom stereocenters. The Morgan fingerprint density at radius 2 is 1.71 bits per heavy atom. The van der Waals surface area contributed by atoms with Crippen molar-refractivity contribution in [2.24, 2.45) is 0 Å². The summed E-state index contributed by atoms with van der Waals surface area (Å²) in [6.45, 7) is 4.38. The first-order valence-electron chi connectivity index (χ1n) is 9.42. The van der Waals surface area contributed by atoms with Gasteiger partial charge in [-0.3, -0.25) is 4.79 Å². The molecule has 0 aliphatic carbocycles. The van der Waals surface area contributed by atoms with E-state index >= 15 is 0 Å². The van der Waals surface area contributed by atoms with Gasteiger partial charge in [-0.2, -0.15) is 4.31 Å². The molecule has 0 spiro atoms. The molecule has 0 saturated carbocycles. The van der Waals surface area contributed by atoms with Gasteiger partial charge in [-0.1, -0.05) is 48.0 Å². The van der Waals surface area contributed by atoms with E-state index in [9.17, 15) is 13.2 Å². The van der Waals surface area contributed by atoms with Crippen LogP contribution in [0.1, 0.15) is 24.1 Å². The van der Waals surface area contributed by atoms with E-state index in [1.807, 2.05) is 44.2 Å². The number of hydrogen-bond acceptors (Lipinski definition) is 4. The molecule has 2 heterocycles. The smallest absolute Gasteiger partial charge is 0.249 e. The molecule has 0 bridgehead atoms. The van der Waals surface area contributed by atoms with Crippen LogP contribution in [0.15, 0.2) is 59.5 Å². The van der Waals surface area contributed by atoms with E-state index in [-0.39, 0.29) is 48.7 Å². The lowest BCUT2D eigenvalue weighted by Gasteiger charge is -2.40. The quantitative estimate of drug-likeness (QED) is 0.790. The van der Waals surface area contributed by atoms with E-state index in [0.717, 1.165) is 11.1 Å². The molecular formula is C21H24N2O4S. The molecule has 6 nitrogen and oxygen atoms in total. The number of ether oxygens (including phenoxy) is 1. The van der Waals surface area contributed by atoms with Crippen molar-refractivity contribution >= 4 is 15.9 Å². The van der Waals surface area contributed by atoms with Crippen LogP contribution < -0.4 is 0 Å². The largest absolute Gasteiger partial charge is 0.365 e. The number of benzene rings is 2. The number of morpholine rings is 1. The van der Waals surface area contributed by atoms with Crippen molar-refractivity contribution in [2.75, 3.05) is 19.7 Å². The second-order valence-electron chi connectivity index (χ2n) is 7.44. The van der Waals surface area contributed by atoms with Crippen molar-refractivity contribution in [3.05, 3.63) is 65.7 Å². The number of hydrogen-bond donors (Lipinski definition) is 0. The van der Waals surface area contributed by atoms with E-state index < -0.39 is 10.0 Å². The molecular weight excluding hydrogens is 376 g/mol. The topological polar surface area (TPSA) is 66.9 Å². The molecule has 4 rings (SSSR count). The first-order valence-corrected chi connectivity index (χ1v) is 10.9. The third-order valence-electron chi connectivity index (χ3n) is 5.63. The Hall–Kier alpha value is -2.22. The van der Waals surface area contributed by atoms with Crippen molar-refractivity contribution in [3.8, 4) is 0 Å². The van der Waals surface area contributed by atoms with Gasteiger partial charge in [-0.05, 0) is 31.5 Å². The number of rotatable bonds is 4. The highest BCUT2D eigenvalue weighted by molar-refractivity contribution is 7.89. The van der Waals surface area contributed by atoms with Gasteiger partial charge in [0.05, 0.1) is 23.1 Å². The lowest BCUT2D eigenvalue weighted by molar-refractivity contribution is -0.156. The van der Waals surface area contributed by atoms with Gasteiger partial charge in [0.15, 0.2) is 0 Å². The zero-order valence-corrected chi connectivity index (χ0v) is 16.8. The normalized spacial score (nSPS) is 24.2. The van der Waals surface area contributed by atoms with Gasteiger partial charge >= 0.3 is 0 Å². The van der Waals surface area contributed by atoms with Crippen LogP contribution in [-0.4, -0.2) is 55.4 Å². The van der Waals surface area contributed by atoms with Gasteiger partial charge < -0.3 is 9.64 Å². The van der Waals surface area contributed by atoms with Crippen molar-refractivity contribution in [2.45, 2.75) is 36.9 Å². The fraction of sp³-hybridized carbons (Fsp3) is 0.381. The molecule has 0 N–H and O–H groups in total. The third-order valence-corrected chi connectivity index (χ3v) is 7.47. The van der Waals surface area contributed by atoms with Gasteiger partial charge in [-0.15, -0.1) is 0 Å². The molecule has 0 aromatic heterocycles. The minimum Gasteiger partial charge on any atom is -0.365 e. The average Bonchev–Trinajstić information content (AvgIpc) is 3.13. The summed E-state index contributed by atoms with van der Waals surface area (Å²) in [6.07, 6.45) is -0.316. The van der Waals surface area contributed by atoms with Gasteiger partial charge in [0.25, 0.3) is 0 Å². The molecule has 2 aliphatic heterocycles. The van der Waals surface area contributed by atoms with Crippen LogP contribution >= 0.6 is 0 Å². The fourth-order valence-corrected chi connectivity index (χ4v) is 5.51. The summed E-state index contributed by atoms with van der Waals surface area (Å²) >= 11 is 0. The number of aryl methyl sites for hydroxylation is 1. The summed E-state index contributed by atoms with van der Waals surface area (Å²) in [4.78, 5) is 14.7. The molecule has 28 heavy (non-hydrogen) atoms. The van der Waals surface area contributed by atoms with Crippen LogP contribution in [0.4, 0.5) is 0 Å². The average molecular weight is 401 g/mol. The van der Waals surface area contributed by atoms with E-state index in [0.29, 0.717) is 0 Å². The highest BCUT2D eigenvalue weighted by Crippen LogP contribution is 2.33. The molecule has 148 valence electrons. The summed E-state index contributed by atoms with van der Waals surface area (Å²) in [5.74, 6) is -0.104. The van der Waals surface area contributed by atoms with Crippen LogP contribution in [0.25, 0.3) is 0 Å². The lowest BCUT2D eigenvalue weighted by Crippen LogP contribution is -2.54. The Kier molecular flexibility index (Phi) is 4.99. The maximum Gasteiger partial charge on any atom is 0.249 e. The minimum atomic E-state index is -3.63. The molecule has 2 aromatic rings. The van der Waals surface area contributed by atoms with Crippen LogP contribution in [0.5, 0.6) is 0 Å². The Bertz CT molecular complexity index is 960. The second-order valence-corrected chi connectivity index (χ2v) is 9.38. The van der Waals surface area contributed by atoms with E-state index in [2.05, 4.69) is 0 Å². The summed E-state index contributed by atoms with van der Waals surface area (Å²) in [7, 11) is -3.63. The summed E-state index contributed by atoms with van der Waals surface area (Å²) in [5.41, 5.74) is 2.03. The SMILES string of the molecule is Cc1ccc(S(=O)(=O)N2C[C@@H]3OCC(=O)N([C@H](C)c4ccccc4)[C@H]3C2)cc1. The van der Waals surface area contributed by atoms with Crippen LogP contribution in [0.2, 0.25) is 0 Å². The number of carbonyl (C=O) groups is 1. The maximum absolute atomic E-state index is 13.1. The predicted molar refractivity (Wildman–Crippen MR) is 105 cm³/mol. The van der Waals surface area contributed by atoms with E-state index in [1.54, 1.807) is 29.2 Å². The second kappa shape index (κ2) is 7.31. The van der Waals surface area contributed by atoms with Crippen molar-refractivity contribution in [1.29, 1.82) is 0 Å². The Morgan fingerprint density at radius 3 is 2.39 bits per heavy atom. The molecule has 2 fully saturated rings. The molecule has 1 amide bonds. The summed E-state index contributed by atoms with van der Waals surface area (Å²) in [5, 5.41) is 0. The first-order chi connectivity index (χ1) is 13.4. The van der Waals surface area contributed by atoms with Gasteiger partial charge in [-0.25, -0.2) is 8.42 Å². The van der Waals surface area contributed by atoms with Crippen molar-refractivity contribution in [1.82, 2.24) is 9.21 Å². The fourth-order valence-electron chi connectivity index (χ4n) is 4.04. The van der Waals surface area contributed by atoms with E-state index in [1.165, 1.54) is 4.31 Å². The van der Waals surface area contributed by atoms with Crippen LogP contribution in [0.3, 0.4) is 0 Å². The molecule has 2 saturated heterocycles. The summed E-state index contributed by atoms with van der Waals surface area (Å²) < 4.78 is 33.3.